The fourth-order valence-electron chi connectivity index (χ4n) is 0. The maximum absolute atomic E-state index is 9.22. The first-order chi connectivity index (χ1) is 3.46. The lowest BCUT2D eigenvalue weighted by molar-refractivity contribution is -0.115. The van der Waals surface area contributed by atoms with Gasteiger partial charge in [0.05, 0.1) is 0 Å². The third kappa shape index (κ3) is 1270. The second kappa shape index (κ2) is 6.69. The summed E-state index contributed by atoms with van der Waals surface area (Å²) in [5, 5.41) is 0. The monoisotopic (exact) mass is 133 g/mol. The van der Waals surface area contributed by atoms with E-state index >= 15 is 0 Å². The Bertz CT molecular complexity index is 56.7. The van der Waals surface area contributed by atoms with E-state index in [9.17, 15) is 4.79 Å². The Morgan fingerprint density at radius 1 is 1.38 bits per heavy atom. The predicted molar refractivity (Wildman–Crippen MR) is 39.6 cm³/mol. The van der Waals surface area contributed by atoms with Crippen LogP contribution in [0.4, 0.5) is 0 Å². The molecule has 0 fully saturated rings. The van der Waals surface area contributed by atoms with Gasteiger partial charge in [-0.25, -0.2) is 0 Å². The molecule has 3 heteroatoms. The van der Waals surface area contributed by atoms with Crippen molar-refractivity contribution in [3.63, 3.8) is 0 Å². The van der Waals surface area contributed by atoms with Gasteiger partial charge in [0.25, 0.3) is 0 Å². The number of hydrogen-bond donors (Lipinski definition) is 1. The van der Waals surface area contributed by atoms with E-state index in [4.69, 9.17) is 0 Å². The van der Waals surface area contributed by atoms with Crippen molar-refractivity contribution < 1.29 is 4.79 Å². The minimum Gasteiger partial charge on any atom is -0.370 e. The summed E-state index contributed by atoms with van der Waals surface area (Å²) >= 11 is 0. The smallest absolute Gasteiger partial charge is 0.214 e. The van der Waals surface area contributed by atoms with Gasteiger partial charge in [-0.1, -0.05) is 19.6 Å². The van der Waals surface area contributed by atoms with E-state index in [1.165, 1.54) is 6.92 Å². The number of primary amides is 1. The molecule has 0 unspecified atom stereocenters. The standard InChI is InChI=1S/C3H10Si.C2H5NO/c1-4(2)3;1-2(3)4/h4H,1-3H3;1H3,(H2,3,4). The maximum Gasteiger partial charge on any atom is 0.214 e. The van der Waals surface area contributed by atoms with E-state index in [-0.39, 0.29) is 14.7 Å². The number of rotatable bonds is 0. The molecule has 0 bridgehead atoms. The van der Waals surface area contributed by atoms with Crippen LogP contribution in [0, 0.1) is 0 Å². The first kappa shape index (κ1) is 10.6. The second-order valence-electron chi connectivity index (χ2n) is 2.34. The average Bonchev–Trinajstić information content (AvgIpc) is 1.25. The van der Waals surface area contributed by atoms with Gasteiger partial charge in [-0.2, -0.15) is 0 Å². The van der Waals surface area contributed by atoms with Crippen LogP contribution in [-0.4, -0.2) is 14.7 Å². The molecule has 8 heavy (non-hydrogen) atoms. The van der Waals surface area contributed by atoms with Gasteiger partial charge in [-0.15, -0.1) is 0 Å². The molecule has 50 valence electrons. The highest BCUT2D eigenvalue weighted by Gasteiger charge is 1.71. The van der Waals surface area contributed by atoms with Gasteiger partial charge >= 0.3 is 0 Å². The maximum atomic E-state index is 9.22. The van der Waals surface area contributed by atoms with Crippen molar-refractivity contribution in [3.8, 4) is 0 Å². The summed E-state index contributed by atoms with van der Waals surface area (Å²) in [4.78, 5) is 9.22. The SMILES string of the molecule is CC(N)=O.C[SiH](C)C. The summed E-state index contributed by atoms with van der Waals surface area (Å²) in [7, 11) is -0.139. The molecule has 0 aromatic carbocycles. The zero-order valence-electron chi connectivity index (χ0n) is 6.06. The molecule has 0 saturated carbocycles. The minimum absolute atomic E-state index is 0.139. The fraction of sp³-hybridized carbons (Fsp3) is 0.800. The Kier molecular flexibility index (Phi) is 8.88. The van der Waals surface area contributed by atoms with E-state index in [2.05, 4.69) is 25.4 Å². The van der Waals surface area contributed by atoms with Gasteiger partial charge in [0, 0.05) is 15.7 Å². The summed E-state index contributed by atoms with van der Waals surface area (Å²) in [6, 6.07) is 0. The number of hydrogen-bond acceptors (Lipinski definition) is 1. The summed E-state index contributed by atoms with van der Waals surface area (Å²) in [5.41, 5.74) is 4.47. The van der Waals surface area contributed by atoms with Gasteiger partial charge in [0.2, 0.25) is 5.91 Å². The molecule has 0 radical (unpaired) electrons. The van der Waals surface area contributed by atoms with Crippen LogP contribution >= 0.6 is 0 Å². The minimum atomic E-state index is -0.333. The molecule has 1 amide bonds. The lowest BCUT2D eigenvalue weighted by atomic mass is 10.8. The van der Waals surface area contributed by atoms with Crippen LogP contribution < -0.4 is 5.73 Å². The number of amides is 1. The first-order valence-electron chi connectivity index (χ1n) is 2.72. The average molecular weight is 133 g/mol. The van der Waals surface area contributed by atoms with Crippen molar-refractivity contribution in [1.29, 1.82) is 0 Å². The Morgan fingerprint density at radius 2 is 1.38 bits per heavy atom. The van der Waals surface area contributed by atoms with Crippen molar-refractivity contribution in [1.82, 2.24) is 0 Å². The van der Waals surface area contributed by atoms with Crippen molar-refractivity contribution in [2.45, 2.75) is 26.6 Å². The summed E-state index contributed by atoms with van der Waals surface area (Å²) in [5.74, 6) is -0.333. The van der Waals surface area contributed by atoms with Gasteiger partial charge in [0.1, 0.15) is 0 Å². The quantitative estimate of drug-likeness (QED) is 0.483. The summed E-state index contributed by atoms with van der Waals surface area (Å²) in [6.07, 6.45) is 0. The van der Waals surface area contributed by atoms with Crippen molar-refractivity contribution >= 4 is 14.7 Å². The van der Waals surface area contributed by atoms with Crippen LogP contribution in [0.3, 0.4) is 0 Å². The Balaban J connectivity index is 0. The number of carbonyl (C=O) groups excluding carboxylic acids is 1. The van der Waals surface area contributed by atoms with Gasteiger partial charge in [0.15, 0.2) is 0 Å². The Hall–Kier alpha value is -0.313. The van der Waals surface area contributed by atoms with E-state index < -0.39 is 0 Å². The fourth-order valence-corrected chi connectivity index (χ4v) is 0. The molecule has 0 aromatic heterocycles. The van der Waals surface area contributed by atoms with E-state index in [1.807, 2.05) is 0 Å². The van der Waals surface area contributed by atoms with Crippen LogP contribution in [-0.2, 0) is 4.79 Å². The summed E-state index contributed by atoms with van der Waals surface area (Å²) in [6.45, 7) is 8.22. The Labute approximate surface area is 52.7 Å². The molecule has 0 spiro atoms. The van der Waals surface area contributed by atoms with Crippen LogP contribution in [0.25, 0.3) is 0 Å². The molecule has 2 nitrogen and oxygen atoms in total. The summed E-state index contributed by atoms with van der Waals surface area (Å²) < 4.78 is 0. The molecule has 0 atom stereocenters. The van der Waals surface area contributed by atoms with Crippen LogP contribution in [0.2, 0.25) is 19.6 Å². The van der Waals surface area contributed by atoms with E-state index in [1.54, 1.807) is 0 Å². The third-order valence-corrected chi connectivity index (χ3v) is 0. The van der Waals surface area contributed by atoms with E-state index in [0.29, 0.717) is 0 Å². The zero-order chi connectivity index (χ0) is 7.15. The first-order valence-corrected chi connectivity index (χ1v) is 6.19. The zero-order valence-corrected chi connectivity index (χ0v) is 7.22. The largest absolute Gasteiger partial charge is 0.370 e. The molecule has 0 aromatic rings. The molecule has 0 rings (SSSR count). The molecule has 0 heterocycles. The molecular formula is C5H15NOSi. The molecular weight excluding hydrogens is 118 g/mol. The molecule has 0 aliphatic rings. The number of nitrogens with two attached hydrogens (primary N) is 1. The van der Waals surface area contributed by atoms with Gasteiger partial charge in [-0.3, -0.25) is 4.79 Å². The topological polar surface area (TPSA) is 43.1 Å². The third-order valence-electron chi connectivity index (χ3n) is 0. The van der Waals surface area contributed by atoms with Crippen LogP contribution in [0.1, 0.15) is 6.92 Å². The Morgan fingerprint density at radius 3 is 1.38 bits per heavy atom. The van der Waals surface area contributed by atoms with Gasteiger partial charge in [-0.05, 0) is 0 Å². The second-order valence-corrected chi connectivity index (χ2v) is 5.81. The highest BCUT2D eigenvalue weighted by atomic mass is 28.3. The van der Waals surface area contributed by atoms with E-state index in [0.717, 1.165) is 0 Å². The predicted octanol–water partition coefficient (Wildman–Crippen LogP) is 0.594. The lowest BCUT2D eigenvalue weighted by Gasteiger charge is -1.75. The van der Waals surface area contributed by atoms with Crippen LogP contribution in [0.15, 0.2) is 0 Å². The molecule has 0 aliphatic heterocycles. The van der Waals surface area contributed by atoms with Crippen molar-refractivity contribution in [3.05, 3.63) is 0 Å². The molecule has 0 aliphatic carbocycles. The van der Waals surface area contributed by atoms with Crippen molar-refractivity contribution in [2.24, 2.45) is 5.73 Å². The lowest BCUT2D eigenvalue weighted by Crippen LogP contribution is -2.01. The molecule has 2 N–H and O–H groups in total. The van der Waals surface area contributed by atoms with Gasteiger partial charge < -0.3 is 5.73 Å². The normalized spacial score (nSPS) is 7.62. The highest BCUT2D eigenvalue weighted by Crippen LogP contribution is 1.68. The number of carbonyl (C=O) groups is 1. The van der Waals surface area contributed by atoms with Crippen LogP contribution in [0.5, 0.6) is 0 Å². The highest BCUT2D eigenvalue weighted by molar-refractivity contribution is 6.54. The molecule has 0 saturated heterocycles. The van der Waals surface area contributed by atoms with Crippen molar-refractivity contribution in [2.75, 3.05) is 0 Å².